The van der Waals surface area contributed by atoms with E-state index in [4.69, 9.17) is 9.94 Å². The number of hydroxylamine groups is 1. The minimum atomic E-state index is -0.579. The molecular weight excluding hydrogens is 522 g/mol. The first-order chi connectivity index (χ1) is 19.9. The van der Waals surface area contributed by atoms with Gasteiger partial charge >= 0.3 is 0 Å². The van der Waals surface area contributed by atoms with E-state index in [0.717, 1.165) is 17.7 Å². The number of aromatic nitrogens is 3. The van der Waals surface area contributed by atoms with Crippen molar-refractivity contribution in [3.05, 3.63) is 106 Å². The molecule has 0 aliphatic carbocycles. The molecule has 0 unspecified atom stereocenters. The summed E-state index contributed by atoms with van der Waals surface area (Å²) in [7, 11) is 0. The van der Waals surface area contributed by atoms with Crippen molar-refractivity contribution < 1.29 is 24.1 Å². The van der Waals surface area contributed by atoms with E-state index in [1.54, 1.807) is 54.0 Å². The summed E-state index contributed by atoms with van der Waals surface area (Å²) in [6.07, 6.45) is 11.1. The number of pyridine rings is 1. The van der Waals surface area contributed by atoms with Crippen LogP contribution in [0, 0.1) is 0 Å². The van der Waals surface area contributed by atoms with E-state index in [2.05, 4.69) is 17.2 Å². The highest BCUT2D eigenvalue weighted by Gasteiger charge is 2.13. The number of amides is 2. The van der Waals surface area contributed by atoms with Crippen LogP contribution in [0.5, 0.6) is 5.75 Å². The number of benzene rings is 2. The summed E-state index contributed by atoms with van der Waals surface area (Å²) in [6.45, 7) is 5.29. The molecule has 41 heavy (non-hydrogen) atoms. The summed E-state index contributed by atoms with van der Waals surface area (Å²) in [4.78, 5) is 41.9. The number of likely N-dealkylation sites (N-methyl/N-ethyl adjacent to an activating group) is 1. The van der Waals surface area contributed by atoms with Gasteiger partial charge in [0.15, 0.2) is 12.4 Å². The van der Waals surface area contributed by atoms with Gasteiger partial charge in [0.2, 0.25) is 5.91 Å². The number of ether oxygens (including phenoxy) is 1. The third-order valence-electron chi connectivity index (χ3n) is 6.27. The van der Waals surface area contributed by atoms with E-state index >= 15 is 0 Å². The highest BCUT2D eigenvalue weighted by molar-refractivity contribution is 5.93. The lowest BCUT2D eigenvalue weighted by Gasteiger charge is -2.12. The Morgan fingerprint density at radius 2 is 1.73 bits per heavy atom. The van der Waals surface area contributed by atoms with E-state index in [-0.39, 0.29) is 30.3 Å². The summed E-state index contributed by atoms with van der Waals surface area (Å²) < 4.78 is 9.33. The van der Waals surface area contributed by atoms with Crippen LogP contribution >= 0.6 is 0 Å². The van der Waals surface area contributed by atoms with E-state index < -0.39 is 5.91 Å². The lowest BCUT2D eigenvalue weighted by atomic mass is 10.1. The second kappa shape index (κ2) is 13.8. The molecule has 10 nitrogen and oxygen atoms in total. The molecule has 210 valence electrons. The maximum Gasteiger partial charge on any atom is 0.277 e. The first-order valence-electron chi connectivity index (χ1n) is 13.2. The first kappa shape index (κ1) is 28.9. The van der Waals surface area contributed by atoms with Gasteiger partial charge in [-0.3, -0.25) is 24.2 Å². The largest absolute Gasteiger partial charge is 0.489 e. The monoisotopic (exact) mass is 554 g/mol. The number of hydrogen-bond acceptors (Lipinski definition) is 6. The molecule has 0 saturated heterocycles. The molecule has 4 rings (SSSR count). The van der Waals surface area contributed by atoms with Crippen LogP contribution < -0.4 is 25.7 Å². The molecule has 3 N–H and O–H groups in total. The standard InChI is InChI=1S/C31H31N5O5/c1-3-32-29(37)21-36-28-20-25(41-19-5-6-22-7-10-24(11-8-22)30(38)34-40)12-14-26(28)33-27(31(36)39)13-9-23-15-17-35(4-2)18-16-23/h5-18,20H,3-4,19,21H2,1-2H3,(H2-,32,33,34,37,38,39,40)/p+1/b6-5+. The van der Waals surface area contributed by atoms with Crippen LogP contribution in [0.25, 0.3) is 29.3 Å². The molecular formula is C31H32N5O5+. The number of carbonyl (C=O) groups is 2. The molecule has 0 aliphatic rings. The number of hydrogen-bond donors (Lipinski definition) is 3. The number of carbonyl (C=O) groups excluding carboxylic acids is 2. The smallest absolute Gasteiger partial charge is 0.277 e. The molecule has 0 spiro atoms. The summed E-state index contributed by atoms with van der Waals surface area (Å²) in [6, 6.07) is 15.8. The Kier molecular flexibility index (Phi) is 9.74. The van der Waals surface area contributed by atoms with Crippen molar-refractivity contribution in [1.29, 1.82) is 0 Å². The fraction of sp³-hybridized carbons (Fsp3) is 0.194. The second-order valence-electron chi connectivity index (χ2n) is 9.06. The van der Waals surface area contributed by atoms with Crippen LogP contribution in [0.2, 0.25) is 0 Å². The van der Waals surface area contributed by atoms with Crippen LogP contribution in [-0.2, 0) is 17.9 Å². The average molecular weight is 555 g/mol. The quantitative estimate of drug-likeness (QED) is 0.149. The van der Waals surface area contributed by atoms with Crippen molar-refractivity contribution in [2.45, 2.75) is 26.9 Å². The summed E-state index contributed by atoms with van der Waals surface area (Å²) in [5.74, 6) is -0.343. The highest BCUT2D eigenvalue weighted by atomic mass is 16.5. The minimum Gasteiger partial charge on any atom is -0.489 e. The number of nitrogens with one attached hydrogen (secondary N) is 2. The average Bonchev–Trinajstić information content (AvgIpc) is 3.00. The molecule has 0 fully saturated rings. The second-order valence-corrected chi connectivity index (χ2v) is 9.06. The predicted molar refractivity (Wildman–Crippen MR) is 156 cm³/mol. The van der Waals surface area contributed by atoms with E-state index in [0.29, 0.717) is 28.9 Å². The zero-order valence-corrected chi connectivity index (χ0v) is 22.9. The van der Waals surface area contributed by atoms with Gasteiger partial charge in [0.1, 0.15) is 31.1 Å². The number of fused-ring (bicyclic) bond motifs is 1. The van der Waals surface area contributed by atoms with Crippen molar-refractivity contribution in [2.24, 2.45) is 0 Å². The fourth-order valence-electron chi connectivity index (χ4n) is 4.10. The Morgan fingerprint density at radius 3 is 2.41 bits per heavy atom. The van der Waals surface area contributed by atoms with Gasteiger partial charge in [-0.25, -0.2) is 15.0 Å². The molecule has 10 heteroatoms. The Labute approximate surface area is 237 Å². The van der Waals surface area contributed by atoms with Gasteiger partial charge in [0.05, 0.1) is 11.0 Å². The number of rotatable bonds is 11. The van der Waals surface area contributed by atoms with Gasteiger partial charge < -0.3 is 10.1 Å². The van der Waals surface area contributed by atoms with Gasteiger partial charge in [0, 0.05) is 30.3 Å². The van der Waals surface area contributed by atoms with Crippen LogP contribution in [-0.4, -0.2) is 39.7 Å². The highest BCUT2D eigenvalue weighted by Crippen LogP contribution is 2.20. The maximum absolute atomic E-state index is 13.4. The first-order valence-corrected chi connectivity index (χ1v) is 13.2. The van der Waals surface area contributed by atoms with Crippen molar-refractivity contribution in [3.63, 3.8) is 0 Å². The normalized spacial score (nSPS) is 11.3. The van der Waals surface area contributed by atoms with Gasteiger partial charge in [0.25, 0.3) is 11.5 Å². The third-order valence-corrected chi connectivity index (χ3v) is 6.27. The molecule has 4 aromatic rings. The Hall–Kier alpha value is -5.09. The van der Waals surface area contributed by atoms with Crippen LogP contribution in [0.1, 0.15) is 41.0 Å². The fourth-order valence-corrected chi connectivity index (χ4v) is 4.10. The minimum absolute atomic E-state index is 0.151. The van der Waals surface area contributed by atoms with Gasteiger partial charge in [-0.05, 0) is 61.4 Å². The van der Waals surface area contributed by atoms with E-state index in [9.17, 15) is 14.4 Å². The molecule has 2 heterocycles. The summed E-state index contributed by atoms with van der Waals surface area (Å²) >= 11 is 0. The molecule has 2 aromatic heterocycles. The van der Waals surface area contributed by atoms with Gasteiger partial charge in [-0.2, -0.15) is 0 Å². The zero-order chi connectivity index (χ0) is 29.2. The molecule has 0 atom stereocenters. The van der Waals surface area contributed by atoms with E-state index in [1.165, 1.54) is 4.57 Å². The predicted octanol–water partition coefficient (Wildman–Crippen LogP) is 3.22. The SMILES string of the molecule is CCNC(=O)Cn1c(=O)c(/C=C/c2cc[n+](CC)cc2)nc2ccc(OC/C=C/c3ccc(C(=O)NO)cc3)cc21. The Balaban J connectivity index is 1.56. The Bertz CT molecular complexity index is 1640. The lowest BCUT2D eigenvalue weighted by molar-refractivity contribution is -0.693. The molecule has 0 aliphatic heterocycles. The lowest BCUT2D eigenvalue weighted by Crippen LogP contribution is -2.33. The van der Waals surface area contributed by atoms with Gasteiger partial charge in [-0.1, -0.05) is 24.3 Å². The van der Waals surface area contributed by atoms with Crippen LogP contribution in [0.15, 0.2) is 77.9 Å². The van der Waals surface area contributed by atoms with Crippen molar-refractivity contribution >= 4 is 41.1 Å². The number of nitrogens with zero attached hydrogens (tertiary/aromatic N) is 3. The van der Waals surface area contributed by atoms with Crippen molar-refractivity contribution in [1.82, 2.24) is 20.3 Å². The Morgan fingerprint density at radius 1 is 1.00 bits per heavy atom. The topological polar surface area (TPSA) is 126 Å². The third kappa shape index (κ3) is 7.52. The van der Waals surface area contributed by atoms with E-state index in [1.807, 2.05) is 54.2 Å². The molecule has 2 amide bonds. The molecule has 0 saturated carbocycles. The van der Waals surface area contributed by atoms with Gasteiger partial charge in [-0.15, -0.1) is 0 Å². The molecule has 0 radical (unpaired) electrons. The molecule has 0 bridgehead atoms. The molecule has 2 aromatic carbocycles. The zero-order valence-electron chi connectivity index (χ0n) is 22.9. The van der Waals surface area contributed by atoms with Crippen LogP contribution in [0.4, 0.5) is 0 Å². The number of aryl methyl sites for hydroxylation is 1. The summed E-state index contributed by atoms with van der Waals surface area (Å²) in [5.41, 5.74) is 4.61. The van der Waals surface area contributed by atoms with Crippen molar-refractivity contribution in [2.75, 3.05) is 13.2 Å². The maximum atomic E-state index is 13.4. The van der Waals surface area contributed by atoms with Crippen LogP contribution in [0.3, 0.4) is 0 Å². The summed E-state index contributed by atoms with van der Waals surface area (Å²) in [5, 5.41) is 11.5. The van der Waals surface area contributed by atoms with Crippen molar-refractivity contribution in [3.8, 4) is 5.75 Å².